The predicted molar refractivity (Wildman–Crippen MR) is 38.3 cm³/mol. The normalized spacial score (nSPS) is 9.64. The van der Waals surface area contributed by atoms with Crippen LogP contribution < -0.4 is 5.11 Å². The highest BCUT2D eigenvalue weighted by atomic mass is 35.5. The van der Waals surface area contributed by atoms with Crippen LogP contribution in [0.1, 0.15) is 15.9 Å². The first-order chi connectivity index (χ1) is 5.11. The summed E-state index contributed by atoms with van der Waals surface area (Å²) >= 11 is 5.46. The first-order valence-corrected chi connectivity index (χ1v) is 3.32. The molecule has 0 unspecified atom stereocenters. The third kappa shape index (κ3) is 1.68. The number of hydrogen-bond acceptors (Lipinski definition) is 3. The van der Waals surface area contributed by atoms with Gasteiger partial charge in [0.1, 0.15) is 5.15 Å². The van der Waals surface area contributed by atoms with E-state index in [-0.39, 0.29) is 10.7 Å². The number of aromatic carboxylic acids is 1. The molecule has 0 radical (unpaired) electrons. The highest BCUT2D eigenvalue weighted by molar-refractivity contribution is 6.32. The molecule has 4 heteroatoms. The summed E-state index contributed by atoms with van der Waals surface area (Å²) in [6, 6.07) is 1.42. The van der Waals surface area contributed by atoms with Gasteiger partial charge in [-0.05, 0) is 18.6 Å². The van der Waals surface area contributed by atoms with Crippen LogP contribution in [0.2, 0.25) is 5.15 Å². The minimum absolute atomic E-state index is 0.0319. The number of aromatic nitrogens is 1. The van der Waals surface area contributed by atoms with Crippen LogP contribution in [-0.4, -0.2) is 11.0 Å². The number of carbonyl (C=O) groups is 1. The average Bonchev–Trinajstić information content (AvgIpc) is 1.94. The Labute approximate surface area is 68.6 Å². The summed E-state index contributed by atoms with van der Waals surface area (Å²) in [5.41, 5.74) is 0.681. The summed E-state index contributed by atoms with van der Waals surface area (Å²) in [7, 11) is 0. The highest BCUT2D eigenvalue weighted by Crippen LogP contribution is 2.12. The highest BCUT2D eigenvalue weighted by Gasteiger charge is 2.01. The number of pyridine rings is 1. The molecule has 0 saturated heterocycles. The summed E-state index contributed by atoms with van der Waals surface area (Å²) in [6.45, 7) is 1.73. The third-order valence-corrected chi connectivity index (χ3v) is 1.50. The Morgan fingerprint density at radius 2 is 2.36 bits per heavy atom. The van der Waals surface area contributed by atoms with E-state index < -0.39 is 5.97 Å². The minimum atomic E-state index is -1.30. The van der Waals surface area contributed by atoms with E-state index in [1.165, 1.54) is 12.3 Å². The fraction of sp³-hybridized carbons (Fsp3) is 0.143. The van der Waals surface area contributed by atoms with E-state index in [9.17, 15) is 9.90 Å². The van der Waals surface area contributed by atoms with Crippen LogP contribution in [0.4, 0.5) is 0 Å². The van der Waals surface area contributed by atoms with Crippen molar-refractivity contribution in [2.24, 2.45) is 0 Å². The topological polar surface area (TPSA) is 53.0 Å². The van der Waals surface area contributed by atoms with Gasteiger partial charge in [0.15, 0.2) is 0 Å². The van der Waals surface area contributed by atoms with E-state index in [1.54, 1.807) is 6.92 Å². The quantitative estimate of drug-likeness (QED) is 0.574. The number of rotatable bonds is 1. The standard InChI is InChI=1S/C7H6ClNO2/c1-4-2-5(7(10)11)6(8)9-3-4/h2-3H,1H3,(H,10,11)/p-1. The summed E-state index contributed by atoms with van der Waals surface area (Å²) < 4.78 is 0. The first-order valence-electron chi connectivity index (χ1n) is 2.95. The SMILES string of the molecule is Cc1cnc(Cl)c(C(=O)[O-])c1. The van der Waals surface area contributed by atoms with Crippen LogP contribution in [0.3, 0.4) is 0 Å². The van der Waals surface area contributed by atoms with Gasteiger partial charge in [-0.2, -0.15) is 0 Å². The van der Waals surface area contributed by atoms with Gasteiger partial charge in [0.25, 0.3) is 0 Å². The van der Waals surface area contributed by atoms with Crippen molar-refractivity contribution in [2.75, 3.05) is 0 Å². The lowest BCUT2D eigenvalue weighted by atomic mass is 10.2. The Bertz CT molecular complexity index is 298. The van der Waals surface area contributed by atoms with Gasteiger partial charge < -0.3 is 9.90 Å². The maximum absolute atomic E-state index is 10.3. The molecular formula is C7H5ClNO2-. The maximum Gasteiger partial charge on any atom is 0.138 e. The molecule has 0 fully saturated rings. The van der Waals surface area contributed by atoms with Crippen LogP contribution >= 0.6 is 11.6 Å². The molecule has 1 aromatic rings. The summed E-state index contributed by atoms with van der Waals surface area (Å²) in [5, 5.41) is 10.3. The smallest absolute Gasteiger partial charge is 0.138 e. The summed E-state index contributed by atoms with van der Waals surface area (Å²) in [5.74, 6) is -1.30. The third-order valence-electron chi connectivity index (χ3n) is 1.20. The number of carboxylic acid groups (broad SMARTS) is 1. The zero-order valence-electron chi connectivity index (χ0n) is 5.80. The number of carbonyl (C=O) groups excluding carboxylic acids is 1. The molecule has 1 rings (SSSR count). The molecule has 0 bridgehead atoms. The lowest BCUT2D eigenvalue weighted by molar-refractivity contribution is -0.255. The van der Waals surface area contributed by atoms with Crippen LogP contribution in [0.25, 0.3) is 0 Å². The van der Waals surface area contributed by atoms with E-state index >= 15 is 0 Å². The number of aryl methyl sites for hydroxylation is 1. The Balaban J connectivity index is 3.23. The van der Waals surface area contributed by atoms with E-state index in [4.69, 9.17) is 11.6 Å². The number of nitrogens with zero attached hydrogens (tertiary/aromatic N) is 1. The molecule has 3 nitrogen and oxygen atoms in total. The van der Waals surface area contributed by atoms with Gasteiger partial charge >= 0.3 is 0 Å². The molecule has 0 spiro atoms. The van der Waals surface area contributed by atoms with E-state index in [0.29, 0.717) is 0 Å². The van der Waals surface area contributed by atoms with Gasteiger partial charge in [-0.1, -0.05) is 11.6 Å². The van der Waals surface area contributed by atoms with Gasteiger partial charge in [0.2, 0.25) is 0 Å². The molecule has 1 aromatic heterocycles. The second kappa shape index (κ2) is 2.88. The van der Waals surface area contributed by atoms with Crippen LogP contribution in [-0.2, 0) is 0 Å². The molecule has 0 aliphatic carbocycles. The fourth-order valence-electron chi connectivity index (χ4n) is 0.696. The molecule has 0 atom stereocenters. The van der Waals surface area contributed by atoms with Crippen molar-refractivity contribution in [1.29, 1.82) is 0 Å². The number of halogens is 1. The Morgan fingerprint density at radius 1 is 1.73 bits per heavy atom. The molecule has 0 aliphatic rings. The number of carboxylic acids is 1. The summed E-state index contributed by atoms with van der Waals surface area (Å²) in [6.07, 6.45) is 1.49. The van der Waals surface area contributed by atoms with Gasteiger partial charge in [-0.3, -0.25) is 0 Å². The van der Waals surface area contributed by atoms with Gasteiger partial charge in [0.05, 0.1) is 5.97 Å². The molecule has 0 saturated carbocycles. The molecule has 0 amide bonds. The van der Waals surface area contributed by atoms with E-state index in [2.05, 4.69) is 4.98 Å². The van der Waals surface area contributed by atoms with Gasteiger partial charge in [0, 0.05) is 11.8 Å². The van der Waals surface area contributed by atoms with Gasteiger partial charge in [-0.15, -0.1) is 0 Å². The second-order valence-electron chi connectivity index (χ2n) is 2.14. The van der Waals surface area contributed by atoms with Crippen molar-refractivity contribution in [3.05, 3.63) is 28.5 Å². The fourth-order valence-corrected chi connectivity index (χ4v) is 0.876. The van der Waals surface area contributed by atoms with Crippen LogP contribution in [0, 0.1) is 6.92 Å². The molecule has 1 heterocycles. The molecule has 0 aromatic carbocycles. The van der Waals surface area contributed by atoms with Crippen molar-refractivity contribution in [2.45, 2.75) is 6.92 Å². The monoisotopic (exact) mass is 170 g/mol. The number of hydrogen-bond donors (Lipinski definition) is 0. The van der Waals surface area contributed by atoms with Crippen molar-refractivity contribution in [3.63, 3.8) is 0 Å². The first kappa shape index (κ1) is 8.01. The average molecular weight is 171 g/mol. The van der Waals surface area contributed by atoms with Crippen molar-refractivity contribution < 1.29 is 9.90 Å². The second-order valence-corrected chi connectivity index (χ2v) is 2.50. The summed E-state index contributed by atoms with van der Waals surface area (Å²) in [4.78, 5) is 14.0. The molecule has 11 heavy (non-hydrogen) atoms. The Hall–Kier alpha value is -1.09. The predicted octanol–water partition coefficient (Wildman–Crippen LogP) is 0.407. The molecule has 0 N–H and O–H groups in total. The van der Waals surface area contributed by atoms with E-state index in [0.717, 1.165) is 5.56 Å². The molecular weight excluding hydrogens is 166 g/mol. The zero-order chi connectivity index (χ0) is 8.43. The van der Waals surface area contributed by atoms with Crippen molar-refractivity contribution in [3.8, 4) is 0 Å². The van der Waals surface area contributed by atoms with Crippen molar-refractivity contribution >= 4 is 17.6 Å². The van der Waals surface area contributed by atoms with Crippen LogP contribution in [0.15, 0.2) is 12.3 Å². The maximum atomic E-state index is 10.3. The lowest BCUT2D eigenvalue weighted by Gasteiger charge is -2.03. The molecule has 0 aliphatic heterocycles. The lowest BCUT2D eigenvalue weighted by Crippen LogP contribution is -2.23. The van der Waals surface area contributed by atoms with Crippen LogP contribution in [0.5, 0.6) is 0 Å². The van der Waals surface area contributed by atoms with E-state index in [1.807, 2.05) is 0 Å². The van der Waals surface area contributed by atoms with Crippen molar-refractivity contribution in [1.82, 2.24) is 4.98 Å². The van der Waals surface area contributed by atoms with Gasteiger partial charge in [-0.25, -0.2) is 4.98 Å². The Kier molecular flexibility index (Phi) is 2.10. The largest absolute Gasteiger partial charge is 0.545 e. The molecule has 58 valence electrons. The minimum Gasteiger partial charge on any atom is -0.545 e. The Morgan fingerprint density at radius 3 is 2.82 bits per heavy atom. The zero-order valence-corrected chi connectivity index (χ0v) is 6.55.